The van der Waals surface area contributed by atoms with Crippen LogP contribution in [0.5, 0.6) is 0 Å². The fraction of sp³-hybridized carbons (Fsp3) is 0.280. The first-order valence-electron chi connectivity index (χ1n) is 11.0. The average Bonchev–Trinajstić information content (AvgIpc) is 3.35. The first-order chi connectivity index (χ1) is 16.0. The van der Waals surface area contributed by atoms with Crippen molar-refractivity contribution in [2.45, 2.75) is 38.6 Å². The fourth-order valence-corrected chi connectivity index (χ4v) is 4.04. The molecular weight excluding hydrogens is 418 g/mol. The molecule has 0 radical (unpaired) electrons. The number of nitrogens with one attached hydrogen (secondary N) is 1. The summed E-state index contributed by atoms with van der Waals surface area (Å²) in [7, 11) is 0. The van der Waals surface area contributed by atoms with Gasteiger partial charge in [0.1, 0.15) is 12.6 Å². The molecule has 2 amide bonds. The average molecular weight is 446 g/mol. The first-order valence-corrected chi connectivity index (χ1v) is 11.0. The lowest BCUT2D eigenvalue weighted by atomic mass is 9.86. The van der Waals surface area contributed by atoms with E-state index in [9.17, 15) is 9.59 Å². The molecule has 0 aliphatic heterocycles. The number of carbonyl (C=O) groups is 2. The quantitative estimate of drug-likeness (QED) is 0.565. The fourth-order valence-electron chi connectivity index (χ4n) is 4.04. The van der Waals surface area contributed by atoms with Gasteiger partial charge in [0.2, 0.25) is 0 Å². The van der Waals surface area contributed by atoms with Gasteiger partial charge in [-0.3, -0.25) is 14.5 Å². The number of amides is 2. The zero-order valence-electron chi connectivity index (χ0n) is 18.5. The molecule has 0 saturated heterocycles. The van der Waals surface area contributed by atoms with E-state index in [0.29, 0.717) is 11.4 Å². The van der Waals surface area contributed by atoms with Gasteiger partial charge in [0.05, 0.1) is 17.6 Å². The van der Waals surface area contributed by atoms with Crippen molar-refractivity contribution in [1.29, 1.82) is 0 Å². The highest BCUT2D eigenvalue weighted by atomic mass is 16.5. The number of primary amides is 1. The Morgan fingerprint density at radius 1 is 1.15 bits per heavy atom. The molecule has 4 rings (SSSR count). The van der Waals surface area contributed by atoms with E-state index in [2.05, 4.69) is 46.6 Å². The lowest BCUT2D eigenvalue weighted by Crippen LogP contribution is -2.23. The molecule has 8 heteroatoms. The second-order valence-electron chi connectivity index (χ2n) is 8.09. The Balaban J connectivity index is 1.52. The van der Waals surface area contributed by atoms with Gasteiger partial charge in [-0.25, -0.2) is 4.79 Å². The number of nitrogens with zero attached hydrogens (tertiary/aromatic N) is 3. The summed E-state index contributed by atoms with van der Waals surface area (Å²) in [5.74, 6) is -0.0967. The lowest BCUT2D eigenvalue weighted by Gasteiger charge is -2.21. The molecule has 1 unspecified atom stereocenters. The Morgan fingerprint density at radius 2 is 1.94 bits per heavy atom. The van der Waals surface area contributed by atoms with E-state index in [-0.39, 0.29) is 12.5 Å². The second-order valence-corrected chi connectivity index (χ2v) is 8.09. The smallest absolute Gasteiger partial charge is 0.404 e. The Morgan fingerprint density at radius 3 is 2.61 bits per heavy atom. The minimum Gasteiger partial charge on any atom is -0.447 e. The molecule has 8 nitrogen and oxygen atoms in total. The maximum absolute atomic E-state index is 13.1. The highest BCUT2D eigenvalue weighted by Crippen LogP contribution is 2.33. The van der Waals surface area contributed by atoms with Crippen molar-refractivity contribution in [1.82, 2.24) is 14.8 Å². The molecule has 0 bridgehead atoms. The number of pyridine rings is 1. The van der Waals surface area contributed by atoms with Crippen LogP contribution < -0.4 is 11.1 Å². The Bertz CT molecular complexity index is 1140. The summed E-state index contributed by atoms with van der Waals surface area (Å²) < 4.78 is 6.62. The van der Waals surface area contributed by atoms with Gasteiger partial charge in [-0.05, 0) is 61.9 Å². The SMILES string of the molecule is Cc1ccc(C2=C(C(=O)Nc3ccc(C(COC(N)=O)n4cccn4)nc3)CCCC2)cc1. The minimum absolute atomic E-state index is 0.00250. The molecule has 1 aromatic carbocycles. The Kier molecular flexibility index (Phi) is 6.83. The summed E-state index contributed by atoms with van der Waals surface area (Å²) in [4.78, 5) is 28.7. The van der Waals surface area contributed by atoms with Gasteiger partial charge in [0.15, 0.2) is 0 Å². The van der Waals surface area contributed by atoms with Crippen LogP contribution >= 0.6 is 0 Å². The maximum Gasteiger partial charge on any atom is 0.404 e. The van der Waals surface area contributed by atoms with E-state index in [4.69, 9.17) is 10.5 Å². The zero-order valence-corrected chi connectivity index (χ0v) is 18.5. The van der Waals surface area contributed by atoms with Crippen molar-refractivity contribution < 1.29 is 14.3 Å². The molecular formula is C25H27N5O3. The van der Waals surface area contributed by atoms with Crippen molar-refractivity contribution in [3.8, 4) is 0 Å². The van der Waals surface area contributed by atoms with Crippen LogP contribution in [0, 0.1) is 6.92 Å². The summed E-state index contributed by atoms with van der Waals surface area (Å²) >= 11 is 0. The molecule has 0 fully saturated rings. The van der Waals surface area contributed by atoms with Crippen LogP contribution in [-0.4, -0.2) is 33.4 Å². The number of benzene rings is 1. The zero-order chi connectivity index (χ0) is 23.2. The van der Waals surface area contributed by atoms with E-state index in [0.717, 1.165) is 42.4 Å². The van der Waals surface area contributed by atoms with Gasteiger partial charge in [-0.15, -0.1) is 0 Å². The van der Waals surface area contributed by atoms with E-state index < -0.39 is 12.1 Å². The Labute approximate surface area is 192 Å². The van der Waals surface area contributed by atoms with Crippen LogP contribution in [0.3, 0.4) is 0 Å². The molecule has 170 valence electrons. The molecule has 33 heavy (non-hydrogen) atoms. The maximum atomic E-state index is 13.1. The number of hydrogen-bond donors (Lipinski definition) is 2. The third-order valence-corrected chi connectivity index (χ3v) is 5.76. The number of anilines is 1. The van der Waals surface area contributed by atoms with Crippen LogP contribution in [0.1, 0.15) is 48.5 Å². The number of aromatic nitrogens is 3. The van der Waals surface area contributed by atoms with Gasteiger partial charge in [0.25, 0.3) is 5.91 Å². The van der Waals surface area contributed by atoms with Crippen LogP contribution in [0.25, 0.3) is 5.57 Å². The normalized spacial score (nSPS) is 14.6. The topological polar surface area (TPSA) is 112 Å². The monoisotopic (exact) mass is 445 g/mol. The van der Waals surface area contributed by atoms with Gasteiger partial charge in [-0.2, -0.15) is 5.10 Å². The van der Waals surface area contributed by atoms with Gasteiger partial charge in [-0.1, -0.05) is 29.8 Å². The van der Waals surface area contributed by atoms with Crippen molar-refractivity contribution in [3.63, 3.8) is 0 Å². The number of allylic oxidation sites excluding steroid dienone is 1. The highest BCUT2D eigenvalue weighted by Gasteiger charge is 2.21. The standard InChI is InChI=1S/C25H27N5O3/c1-17-7-9-18(10-8-17)20-5-2-3-6-21(20)24(31)29-19-11-12-22(27-15-19)23(16-33-25(26)32)30-14-4-13-28-30/h4,7-15,23H,2-3,5-6,16H2,1H3,(H2,26,32)(H,29,31). The molecule has 3 aromatic rings. The highest BCUT2D eigenvalue weighted by molar-refractivity contribution is 6.09. The number of hydrogen-bond acceptors (Lipinski definition) is 5. The van der Waals surface area contributed by atoms with E-state index in [1.807, 2.05) is 0 Å². The summed E-state index contributed by atoms with van der Waals surface area (Å²) in [5, 5.41) is 7.20. The lowest BCUT2D eigenvalue weighted by molar-refractivity contribution is -0.113. The molecule has 2 aromatic heterocycles. The van der Waals surface area contributed by atoms with Crippen molar-refractivity contribution in [2.75, 3.05) is 11.9 Å². The predicted octanol–water partition coefficient (Wildman–Crippen LogP) is 4.24. The van der Waals surface area contributed by atoms with Crippen molar-refractivity contribution in [3.05, 3.63) is 83.4 Å². The van der Waals surface area contributed by atoms with Crippen LogP contribution in [0.4, 0.5) is 10.5 Å². The number of rotatable bonds is 7. The molecule has 0 saturated carbocycles. The molecule has 1 aliphatic carbocycles. The van der Waals surface area contributed by atoms with E-state index in [1.54, 1.807) is 41.5 Å². The second kappa shape index (κ2) is 10.1. The molecule has 2 heterocycles. The predicted molar refractivity (Wildman–Crippen MR) is 125 cm³/mol. The van der Waals surface area contributed by atoms with Gasteiger partial charge in [0, 0.05) is 18.0 Å². The van der Waals surface area contributed by atoms with Crippen LogP contribution in [0.15, 0.2) is 66.6 Å². The minimum atomic E-state index is -0.860. The third-order valence-electron chi connectivity index (χ3n) is 5.76. The first kappa shape index (κ1) is 22.3. The van der Waals surface area contributed by atoms with Gasteiger partial charge >= 0.3 is 6.09 Å². The summed E-state index contributed by atoms with van der Waals surface area (Å²) in [6.07, 6.45) is 7.87. The Hall–Kier alpha value is -3.94. The number of aryl methyl sites for hydroxylation is 1. The number of nitrogens with two attached hydrogens (primary N) is 1. The number of carbonyl (C=O) groups excluding carboxylic acids is 2. The van der Waals surface area contributed by atoms with E-state index >= 15 is 0 Å². The summed E-state index contributed by atoms with van der Waals surface area (Å²) in [5.41, 5.74) is 10.6. The summed E-state index contributed by atoms with van der Waals surface area (Å²) in [6, 6.07) is 13.2. The molecule has 1 atom stereocenters. The molecule has 3 N–H and O–H groups in total. The largest absolute Gasteiger partial charge is 0.447 e. The van der Waals surface area contributed by atoms with Crippen LogP contribution in [-0.2, 0) is 9.53 Å². The van der Waals surface area contributed by atoms with Crippen molar-refractivity contribution >= 4 is 23.3 Å². The van der Waals surface area contributed by atoms with E-state index in [1.165, 1.54) is 5.56 Å². The van der Waals surface area contributed by atoms with Crippen molar-refractivity contribution in [2.24, 2.45) is 5.73 Å². The molecule has 1 aliphatic rings. The summed E-state index contributed by atoms with van der Waals surface area (Å²) in [6.45, 7) is 2.06. The third kappa shape index (κ3) is 5.46. The van der Waals surface area contributed by atoms with Crippen LogP contribution in [0.2, 0.25) is 0 Å². The number of ether oxygens (including phenoxy) is 1. The molecule has 0 spiro atoms. The van der Waals surface area contributed by atoms with Gasteiger partial charge < -0.3 is 15.8 Å².